The summed E-state index contributed by atoms with van der Waals surface area (Å²) in [6, 6.07) is 2.00. The molecule has 5 N–H and O–H groups in total. The molecule has 0 spiro atoms. The van der Waals surface area contributed by atoms with Crippen LogP contribution in [0.15, 0.2) is 21.8 Å². The Labute approximate surface area is 181 Å². The van der Waals surface area contributed by atoms with E-state index in [-0.39, 0.29) is 12.4 Å². The van der Waals surface area contributed by atoms with Crippen molar-refractivity contribution in [1.29, 1.82) is 0 Å². The van der Waals surface area contributed by atoms with Crippen molar-refractivity contribution >= 4 is 23.2 Å². The molecule has 0 heterocycles. The van der Waals surface area contributed by atoms with Crippen LogP contribution in [-0.2, 0) is 11.2 Å². The highest BCUT2D eigenvalue weighted by molar-refractivity contribution is 6.09. The summed E-state index contributed by atoms with van der Waals surface area (Å²) in [6.07, 6.45) is 5.58. The number of unbranched alkanes of at least 4 members (excludes halogenated alkanes) is 1. The smallest absolute Gasteiger partial charge is 0.303 e. The first-order valence-electron chi connectivity index (χ1n) is 10.5. The maximum absolute atomic E-state index is 10.7. The summed E-state index contributed by atoms with van der Waals surface area (Å²) in [7, 11) is 3.22. The van der Waals surface area contributed by atoms with Gasteiger partial charge in [0.05, 0.1) is 26.5 Å². The summed E-state index contributed by atoms with van der Waals surface area (Å²) in [4.78, 5) is 10.7. The Kier molecular flexibility index (Phi) is 7.38. The standard InChI is InChI=1S/C22H30N4O5/c1-29-17-12-13-9-10-16(25-26-22(23)24)14-6-5-7-15(14)19(13)21(30-2)20(17)31-11-4-3-8-18(27)28/h12H,3-11H2,1-2H3,(H,27,28)(H4,23,24,26). The van der Waals surface area contributed by atoms with Crippen LogP contribution in [0.3, 0.4) is 0 Å². The van der Waals surface area contributed by atoms with Gasteiger partial charge in [0.2, 0.25) is 11.7 Å². The lowest BCUT2D eigenvalue weighted by molar-refractivity contribution is -0.137. The summed E-state index contributed by atoms with van der Waals surface area (Å²) < 4.78 is 17.5. The SMILES string of the molecule is COc1cc2c(c(OC)c1OCCCCC(=O)O)C1=C(CCC1)C(=NN=C(N)N)CC2. The Morgan fingerprint density at radius 3 is 2.52 bits per heavy atom. The molecule has 168 valence electrons. The molecule has 0 aliphatic heterocycles. The average Bonchev–Trinajstić information content (AvgIpc) is 3.16. The normalized spacial score (nSPS) is 16.4. The van der Waals surface area contributed by atoms with E-state index in [9.17, 15) is 4.79 Å². The third-order valence-electron chi connectivity index (χ3n) is 5.52. The maximum atomic E-state index is 10.7. The van der Waals surface area contributed by atoms with Crippen molar-refractivity contribution in [2.45, 2.75) is 51.4 Å². The van der Waals surface area contributed by atoms with Crippen molar-refractivity contribution in [3.8, 4) is 17.2 Å². The maximum Gasteiger partial charge on any atom is 0.303 e. The number of carboxylic acids is 1. The molecule has 1 aromatic rings. The molecule has 0 saturated heterocycles. The molecular weight excluding hydrogens is 400 g/mol. The van der Waals surface area contributed by atoms with E-state index in [4.69, 9.17) is 30.8 Å². The van der Waals surface area contributed by atoms with Crippen molar-refractivity contribution in [3.63, 3.8) is 0 Å². The summed E-state index contributed by atoms with van der Waals surface area (Å²) in [5.41, 5.74) is 16.3. The number of carboxylic acid groups (broad SMARTS) is 1. The molecule has 0 aromatic heterocycles. The molecule has 9 heteroatoms. The lowest BCUT2D eigenvalue weighted by Gasteiger charge is -2.21. The number of ether oxygens (including phenoxy) is 3. The van der Waals surface area contributed by atoms with Crippen LogP contribution in [-0.4, -0.2) is 43.6 Å². The molecule has 9 nitrogen and oxygen atoms in total. The fourth-order valence-electron chi connectivity index (χ4n) is 4.20. The number of benzene rings is 1. The molecule has 0 atom stereocenters. The van der Waals surface area contributed by atoms with Crippen LogP contribution >= 0.6 is 0 Å². The Hall–Kier alpha value is -3.23. The van der Waals surface area contributed by atoms with Gasteiger partial charge >= 0.3 is 5.97 Å². The van der Waals surface area contributed by atoms with Crippen LogP contribution in [0, 0.1) is 0 Å². The van der Waals surface area contributed by atoms with Crippen LogP contribution in [0.5, 0.6) is 17.2 Å². The number of carbonyl (C=O) groups is 1. The number of nitrogens with zero attached hydrogens (tertiary/aromatic N) is 2. The molecular formula is C22H30N4O5. The lowest BCUT2D eigenvalue weighted by Crippen LogP contribution is -2.22. The second-order valence-electron chi connectivity index (χ2n) is 7.56. The zero-order chi connectivity index (χ0) is 22.4. The zero-order valence-corrected chi connectivity index (χ0v) is 18.1. The van der Waals surface area contributed by atoms with Gasteiger partial charge in [-0.1, -0.05) is 0 Å². The predicted molar refractivity (Wildman–Crippen MR) is 119 cm³/mol. The second-order valence-corrected chi connectivity index (χ2v) is 7.56. The van der Waals surface area contributed by atoms with Gasteiger partial charge in [-0.25, -0.2) is 0 Å². The van der Waals surface area contributed by atoms with E-state index in [0.29, 0.717) is 43.1 Å². The number of aliphatic carboxylic acids is 1. The number of rotatable bonds is 9. The predicted octanol–water partition coefficient (Wildman–Crippen LogP) is 2.85. The van der Waals surface area contributed by atoms with Gasteiger partial charge < -0.3 is 30.8 Å². The third-order valence-corrected chi connectivity index (χ3v) is 5.52. The van der Waals surface area contributed by atoms with Crippen molar-refractivity contribution in [2.75, 3.05) is 20.8 Å². The lowest BCUT2D eigenvalue weighted by atomic mass is 9.95. The second kappa shape index (κ2) is 10.2. The summed E-state index contributed by atoms with van der Waals surface area (Å²) in [5.74, 6) is 0.914. The van der Waals surface area contributed by atoms with Crippen LogP contribution in [0.2, 0.25) is 0 Å². The molecule has 2 aliphatic carbocycles. The summed E-state index contributed by atoms with van der Waals surface area (Å²) in [5, 5.41) is 17.0. The van der Waals surface area contributed by atoms with Crippen LogP contribution < -0.4 is 25.7 Å². The molecule has 0 bridgehead atoms. The molecule has 31 heavy (non-hydrogen) atoms. The van der Waals surface area contributed by atoms with E-state index in [2.05, 4.69) is 10.2 Å². The number of methoxy groups -OCH3 is 2. The molecule has 0 radical (unpaired) electrons. The number of nitrogens with two attached hydrogens (primary N) is 2. The van der Waals surface area contributed by atoms with Crippen LogP contribution in [0.25, 0.3) is 5.57 Å². The highest BCUT2D eigenvalue weighted by atomic mass is 16.5. The van der Waals surface area contributed by atoms with E-state index in [0.717, 1.165) is 42.5 Å². The summed E-state index contributed by atoms with van der Waals surface area (Å²) in [6.45, 7) is 0.377. The first kappa shape index (κ1) is 22.5. The van der Waals surface area contributed by atoms with Gasteiger partial charge in [-0.2, -0.15) is 5.10 Å². The number of hydrogen-bond acceptors (Lipinski definition) is 6. The van der Waals surface area contributed by atoms with E-state index in [1.165, 1.54) is 11.1 Å². The number of fused-ring (bicyclic) bond motifs is 2. The number of allylic oxidation sites excluding steroid dienone is 2. The first-order chi connectivity index (χ1) is 15.0. The fourth-order valence-corrected chi connectivity index (χ4v) is 4.20. The third kappa shape index (κ3) is 5.10. The van der Waals surface area contributed by atoms with Crippen LogP contribution in [0.4, 0.5) is 0 Å². The molecule has 0 unspecified atom stereocenters. The van der Waals surface area contributed by atoms with Gasteiger partial charge in [0.25, 0.3) is 0 Å². The largest absolute Gasteiger partial charge is 0.493 e. The van der Waals surface area contributed by atoms with Gasteiger partial charge in [-0.3, -0.25) is 4.79 Å². The Morgan fingerprint density at radius 2 is 1.84 bits per heavy atom. The van der Waals surface area contributed by atoms with Crippen molar-refractivity contribution in [1.82, 2.24) is 0 Å². The minimum Gasteiger partial charge on any atom is -0.493 e. The minimum atomic E-state index is -0.806. The monoisotopic (exact) mass is 430 g/mol. The van der Waals surface area contributed by atoms with E-state index in [1.54, 1.807) is 14.2 Å². The van der Waals surface area contributed by atoms with Gasteiger partial charge in [-0.15, -0.1) is 5.10 Å². The topological polar surface area (TPSA) is 142 Å². The van der Waals surface area contributed by atoms with Crippen molar-refractivity contribution in [3.05, 3.63) is 22.8 Å². The van der Waals surface area contributed by atoms with Crippen molar-refractivity contribution < 1.29 is 24.1 Å². The molecule has 0 saturated carbocycles. The fraction of sp³-hybridized carbons (Fsp3) is 0.500. The molecule has 0 amide bonds. The number of hydrogen-bond donors (Lipinski definition) is 3. The van der Waals surface area contributed by atoms with Gasteiger partial charge in [0, 0.05) is 12.0 Å². The minimum absolute atomic E-state index is 0.0627. The average molecular weight is 431 g/mol. The Bertz CT molecular complexity index is 932. The first-order valence-corrected chi connectivity index (χ1v) is 10.5. The van der Waals surface area contributed by atoms with Gasteiger partial charge in [0.15, 0.2) is 11.5 Å². The van der Waals surface area contributed by atoms with E-state index < -0.39 is 5.97 Å². The number of guanidine groups is 1. The van der Waals surface area contributed by atoms with E-state index >= 15 is 0 Å². The zero-order valence-electron chi connectivity index (χ0n) is 18.1. The molecule has 1 aromatic carbocycles. The van der Waals surface area contributed by atoms with Crippen molar-refractivity contribution in [2.24, 2.45) is 21.7 Å². The summed E-state index contributed by atoms with van der Waals surface area (Å²) >= 11 is 0. The Morgan fingerprint density at radius 1 is 1.06 bits per heavy atom. The van der Waals surface area contributed by atoms with Crippen LogP contribution in [0.1, 0.15) is 56.1 Å². The van der Waals surface area contributed by atoms with E-state index in [1.807, 2.05) is 6.07 Å². The quantitative estimate of drug-likeness (QED) is 0.237. The highest BCUT2D eigenvalue weighted by Gasteiger charge is 2.31. The van der Waals surface area contributed by atoms with Gasteiger partial charge in [0.1, 0.15) is 0 Å². The Balaban J connectivity index is 2.00. The molecule has 2 aliphatic rings. The molecule has 0 fully saturated rings. The molecule has 3 rings (SSSR count). The number of aryl methyl sites for hydroxylation is 1. The highest BCUT2D eigenvalue weighted by Crippen LogP contribution is 2.50. The van der Waals surface area contributed by atoms with Gasteiger partial charge in [-0.05, 0) is 67.7 Å².